The smallest absolute Gasteiger partial charge is 0.0716 e. The van der Waals surface area contributed by atoms with E-state index in [-0.39, 0.29) is 0 Å². The summed E-state index contributed by atoms with van der Waals surface area (Å²) >= 11 is 0. The summed E-state index contributed by atoms with van der Waals surface area (Å²) in [6, 6.07) is 8.25. The molecule has 0 saturated heterocycles. The Morgan fingerprint density at radius 1 is 1.06 bits per heavy atom. The van der Waals surface area contributed by atoms with Gasteiger partial charge in [-0.25, -0.2) is 0 Å². The van der Waals surface area contributed by atoms with E-state index in [2.05, 4.69) is 37.4 Å². The van der Waals surface area contributed by atoms with Gasteiger partial charge in [-0.15, -0.1) is 0 Å². The zero-order valence-corrected chi connectivity index (χ0v) is 11.4. The lowest BCUT2D eigenvalue weighted by Gasteiger charge is -2.08. The zero-order chi connectivity index (χ0) is 13.4. The summed E-state index contributed by atoms with van der Waals surface area (Å²) in [6.07, 6.45) is 0.915. The second-order valence-electron chi connectivity index (χ2n) is 4.36. The lowest BCUT2D eigenvalue weighted by atomic mass is 10.0. The lowest BCUT2D eigenvalue weighted by molar-refractivity contribution is 0.123. The Bertz CT molecular complexity index is 390. The van der Waals surface area contributed by atoms with Crippen LogP contribution < -0.4 is 0 Å². The fourth-order valence-corrected chi connectivity index (χ4v) is 1.57. The first-order chi connectivity index (χ1) is 8.65. The van der Waals surface area contributed by atoms with Gasteiger partial charge in [0.05, 0.1) is 6.61 Å². The molecule has 0 spiro atoms. The normalized spacial score (nSPS) is 10.3. The van der Waals surface area contributed by atoms with E-state index in [1.54, 1.807) is 7.11 Å². The van der Waals surface area contributed by atoms with Crippen molar-refractivity contribution in [1.29, 1.82) is 0 Å². The fourth-order valence-electron chi connectivity index (χ4n) is 1.57. The maximum atomic E-state index is 5.53. The summed E-state index contributed by atoms with van der Waals surface area (Å²) in [5.74, 6) is 0. The summed E-state index contributed by atoms with van der Waals surface area (Å²) in [4.78, 5) is 0. The molecule has 2 heteroatoms. The highest BCUT2D eigenvalue weighted by Gasteiger charge is 2.00. The van der Waals surface area contributed by atoms with Crippen molar-refractivity contribution in [1.82, 2.24) is 0 Å². The summed E-state index contributed by atoms with van der Waals surface area (Å²) < 4.78 is 10.5. The molecule has 0 heterocycles. The van der Waals surface area contributed by atoms with Gasteiger partial charge < -0.3 is 9.47 Å². The Hall–Kier alpha value is -1.38. The van der Waals surface area contributed by atoms with E-state index in [0.29, 0.717) is 13.2 Å². The van der Waals surface area contributed by atoms with Crippen LogP contribution in [0.1, 0.15) is 24.5 Å². The predicted octanol–water partition coefficient (Wildman–Crippen LogP) is 3.79. The van der Waals surface area contributed by atoms with E-state index in [9.17, 15) is 0 Å². The molecule has 0 unspecified atom stereocenters. The highest BCUT2D eigenvalue weighted by molar-refractivity contribution is 5.68. The molecule has 0 atom stereocenters. The average Bonchev–Trinajstić information content (AvgIpc) is 2.38. The Labute approximate surface area is 110 Å². The molecule has 0 aromatic heterocycles. The minimum atomic E-state index is 0.566. The molecule has 2 nitrogen and oxygen atoms in total. The predicted molar refractivity (Wildman–Crippen MR) is 77.5 cm³/mol. The van der Waals surface area contributed by atoms with Crippen molar-refractivity contribution in [3.8, 4) is 0 Å². The quantitative estimate of drug-likeness (QED) is 0.650. The standard InChI is InChI=1S/C16H22O2/c1-13(2)15-6-8-16(9-7-15)14(3)12-18-11-5-10-17-4/h6-9H,1,3,5,10-12H2,2,4H3. The number of hydrogen-bond acceptors (Lipinski definition) is 2. The number of rotatable bonds is 8. The third-order valence-corrected chi connectivity index (χ3v) is 2.70. The number of allylic oxidation sites excluding steroid dienone is 1. The summed E-state index contributed by atoms with van der Waals surface area (Å²) in [6.45, 7) is 12.0. The topological polar surface area (TPSA) is 18.5 Å². The largest absolute Gasteiger partial charge is 0.385 e. The second kappa shape index (κ2) is 7.85. The Morgan fingerprint density at radius 2 is 1.67 bits per heavy atom. The van der Waals surface area contributed by atoms with E-state index >= 15 is 0 Å². The molecule has 0 amide bonds. The molecular weight excluding hydrogens is 224 g/mol. The van der Waals surface area contributed by atoms with Crippen LogP contribution in [0.2, 0.25) is 0 Å². The zero-order valence-electron chi connectivity index (χ0n) is 11.4. The summed E-state index contributed by atoms with van der Waals surface area (Å²) in [5.41, 5.74) is 4.35. The lowest BCUT2D eigenvalue weighted by Crippen LogP contribution is -2.01. The number of hydrogen-bond donors (Lipinski definition) is 0. The minimum Gasteiger partial charge on any atom is -0.385 e. The second-order valence-corrected chi connectivity index (χ2v) is 4.36. The van der Waals surface area contributed by atoms with Crippen molar-refractivity contribution in [3.05, 3.63) is 48.6 Å². The third-order valence-electron chi connectivity index (χ3n) is 2.70. The maximum Gasteiger partial charge on any atom is 0.0716 e. The van der Waals surface area contributed by atoms with Crippen LogP contribution in [0.3, 0.4) is 0 Å². The van der Waals surface area contributed by atoms with Crippen LogP contribution in [-0.4, -0.2) is 26.9 Å². The first-order valence-electron chi connectivity index (χ1n) is 6.16. The molecule has 0 aliphatic heterocycles. The van der Waals surface area contributed by atoms with Crippen LogP contribution in [-0.2, 0) is 9.47 Å². The highest BCUT2D eigenvalue weighted by Crippen LogP contribution is 2.17. The van der Waals surface area contributed by atoms with Crippen LogP contribution in [0, 0.1) is 0 Å². The molecule has 1 aromatic carbocycles. The molecule has 0 saturated carbocycles. The molecule has 0 bridgehead atoms. The third kappa shape index (κ3) is 4.86. The van der Waals surface area contributed by atoms with E-state index in [4.69, 9.17) is 9.47 Å². The van der Waals surface area contributed by atoms with Gasteiger partial charge in [0.25, 0.3) is 0 Å². The van der Waals surface area contributed by atoms with Gasteiger partial charge in [0.15, 0.2) is 0 Å². The van der Waals surface area contributed by atoms with Gasteiger partial charge in [0, 0.05) is 20.3 Å². The van der Waals surface area contributed by atoms with Crippen LogP contribution >= 0.6 is 0 Å². The number of benzene rings is 1. The summed E-state index contributed by atoms with van der Waals surface area (Å²) in [7, 11) is 1.70. The molecule has 0 fully saturated rings. The molecule has 0 aliphatic rings. The van der Waals surface area contributed by atoms with Crippen molar-refractivity contribution in [2.45, 2.75) is 13.3 Å². The van der Waals surface area contributed by atoms with Crippen molar-refractivity contribution < 1.29 is 9.47 Å². The van der Waals surface area contributed by atoms with Gasteiger partial charge in [-0.2, -0.15) is 0 Å². The van der Waals surface area contributed by atoms with E-state index in [1.165, 1.54) is 0 Å². The minimum absolute atomic E-state index is 0.566. The fraction of sp³-hybridized carbons (Fsp3) is 0.375. The van der Waals surface area contributed by atoms with Crippen molar-refractivity contribution >= 4 is 11.1 Å². The molecule has 0 aliphatic carbocycles. The molecular formula is C16H22O2. The van der Waals surface area contributed by atoms with Crippen molar-refractivity contribution in [2.75, 3.05) is 26.9 Å². The van der Waals surface area contributed by atoms with E-state index < -0.39 is 0 Å². The Balaban J connectivity index is 2.39. The van der Waals surface area contributed by atoms with Gasteiger partial charge in [-0.3, -0.25) is 0 Å². The highest BCUT2D eigenvalue weighted by atomic mass is 16.5. The van der Waals surface area contributed by atoms with Gasteiger partial charge >= 0.3 is 0 Å². The maximum absolute atomic E-state index is 5.53. The van der Waals surface area contributed by atoms with Crippen LogP contribution in [0.4, 0.5) is 0 Å². The first-order valence-corrected chi connectivity index (χ1v) is 6.16. The van der Waals surface area contributed by atoms with E-state index in [0.717, 1.165) is 35.3 Å². The van der Waals surface area contributed by atoms with Gasteiger partial charge in [-0.1, -0.05) is 43.0 Å². The van der Waals surface area contributed by atoms with Gasteiger partial charge in [0.2, 0.25) is 0 Å². The van der Waals surface area contributed by atoms with Crippen LogP contribution in [0.25, 0.3) is 11.1 Å². The molecule has 0 N–H and O–H groups in total. The van der Waals surface area contributed by atoms with E-state index in [1.807, 2.05) is 6.92 Å². The first kappa shape index (κ1) is 14.7. The molecule has 0 radical (unpaired) electrons. The van der Waals surface area contributed by atoms with Crippen LogP contribution in [0.15, 0.2) is 37.4 Å². The molecule has 1 aromatic rings. The summed E-state index contributed by atoms with van der Waals surface area (Å²) in [5, 5.41) is 0. The van der Waals surface area contributed by atoms with Gasteiger partial charge in [-0.05, 0) is 30.0 Å². The van der Waals surface area contributed by atoms with Crippen LogP contribution in [0.5, 0.6) is 0 Å². The molecule has 1 rings (SSSR count). The average molecular weight is 246 g/mol. The monoisotopic (exact) mass is 246 g/mol. The van der Waals surface area contributed by atoms with Crippen molar-refractivity contribution in [3.63, 3.8) is 0 Å². The number of ether oxygens (including phenoxy) is 2. The Morgan fingerprint density at radius 3 is 2.22 bits per heavy atom. The molecule has 18 heavy (non-hydrogen) atoms. The van der Waals surface area contributed by atoms with Crippen molar-refractivity contribution in [2.24, 2.45) is 0 Å². The van der Waals surface area contributed by atoms with Gasteiger partial charge in [0.1, 0.15) is 0 Å². The Kier molecular flexibility index (Phi) is 6.40. The number of methoxy groups -OCH3 is 1. The molecule has 98 valence electrons. The SMILES string of the molecule is C=C(C)c1ccc(C(=C)COCCCOC)cc1.